The molecule has 1 saturated carbocycles. The molecule has 1 spiro atoms. The number of aromatic nitrogens is 2. The van der Waals surface area contributed by atoms with Crippen molar-refractivity contribution < 1.29 is 4.52 Å². The zero-order valence-electron chi connectivity index (χ0n) is 14.2. The average Bonchev–Trinajstić information content (AvgIpc) is 2.98. The van der Waals surface area contributed by atoms with E-state index < -0.39 is 0 Å². The summed E-state index contributed by atoms with van der Waals surface area (Å²) in [4.78, 5) is 11.4. The molecule has 0 bridgehead atoms. The van der Waals surface area contributed by atoms with Crippen molar-refractivity contribution in [3.05, 3.63) is 11.7 Å². The zero-order chi connectivity index (χ0) is 16.1. The van der Waals surface area contributed by atoms with Crippen LogP contribution in [-0.2, 0) is 6.54 Å². The van der Waals surface area contributed by atoms with Crippen molar-refractivity contribution in [3.8, 4) is 0 Å². The molecule has 2 fully saturated rings. The summed E-state index contributed by atoms with van der Waals surface area (Å²) < 4.78 is 5.61. The third kappa shape index (κ3) is 4.19. The van der Waals surface area contributed by atoms with E-state index in [2.05, 4.69) is 39.0 Å². The third-order valence-corrected chi connectivity index (χ3v) is 6.12. The van der Waals surface area contributed by atoms with Crippen molar-refractivity contribution in [1.82, 2.24) is 20.4 Å². The normalized spacial score (nSPS) is 21.7. The first-order chi connectivity index (χ1) is 11.2. The first kappa shape index (κ1) is 16.6. The van der Waals surface area contributed by atoms with Crippen LogP contribution >= 0.6 is 11.8 Å². The number of nitrogens with one attached hydrogen (secondary N) is 1. The molecule has 3 rings (SSSR count). The molecule has 0 radical (unpaired) electrons. The van der Waals surface area contributed by atoms with Crippen LogP contribution in [0, 0.1) is 6.92 Å². The van der Waals surface area contributed by atoms with Crippen LogP contribution in [0.25, 0.3) is 0 Å². The molecule has 128 valence electrons. The molecule has 2 aliphatic rings. The van der Waals surface area contributed by atoms with Crippen molar-refractivity contribution in [2.75, 3.05) is 25.4 Å². The SMILES string of the molecule is CCNC(=NCc1nc(C)no1)N1CCSC2(CCCCC2)C1. The number of nitrogens with zero attached hydrogens (tertiary/aromatic N) is 4. The molecular weight excluding hydrogens is 310 g/mol. The van der Waals surface area contributed by atoms with Gasteiger partial charge in [0.2, 0.25) is 5.89 Å². The van der Waals surface area contributed by atoms with Crippen LogP contribution in [0.1, 0.15) is 50.7 Å². The highest BCUT2D eigenvalue weighted by Gasteiger charge is 2.38. The van der Waals surface area contributed by atoms with Gasteiger partial charge in [0.25, 0.3) is 0 Å². The van der Waals surface area contributed by atoms with Gasteiger partial charge in [-0.1, -0.05) is 24.4 Å². The predicted molar refractivity (Wildman–Crippen MR) is 93.7 cm³/mol. The lowest BCUT2D eigenvalue weighted by atomic mass is 9.87. The lowest BCUT2D eigenvalue weighted by molar-refractivity contribution is 0.292. The van der Waals surface area contributed by atoms with E-state index in [1.165, 1.54) is 37.9 Å². The van der Waals surface area contributed by atoms with Gasteiger partial charge < -0.3 is 14.7 Å². The summed E-state index contributed by atoms with van der Waals surface area (Å²) in [5.41, 5.74) is 0. The van der Waals surface area contributed by atoms with Crippen molar-refractivity contribution in [2.45, 2.75) is 57.2 Å². The highest BCUT2D eigenvalue weighted by atomic mass is 32.2. The molecule has 1 aromatic heterocycles. The summed E-state index contributed by atoms with van der Waals surface area (Å²) in [6.07, 6.45) is 6.82. The second-order valence-electron chi connectivity index (χ2n) is 6.42. The van der Waals surface area contributed by atoms with Crippen molar-refractivity contribution >= 4 is 17.7 Å². The minimum atomic E-state index is 0.438. The molecule has 0 aromatic carbocycles. The molecule has 7 heteroatoms. The second kappa shape index (κ2) is 7.55. The second-order valence-corrected chi connectivity index (χ2v) is 7.98. The zero-order valence-corrected chi connectivity index (χ0v) is 15.0. The van der Waals surface area contributed by atoms with Crippen LogP contribution < -0.4 is 5.32 Å². The number of guanidine groups is 1. The Morgan fingerprint density at radius 3 is 2.91 bits per heavy atom. The topological polar surface area (TPSA) is 66.5 Å². The maximum absolute atomic E-state index is 5.17. The summed E-state index contributed by atoms with van der Waals surface area (Å²) in [5, 5.41) is 7.26. The molecule has 0 unspecified atom stereocenters. The molecule has 0 amide bonds. The van der Waals surface area contributed by atoms with Crippen LogP contribution in [0.3, 0.4) is 0 Å². The van der Waals surface area contributed by atoms with E-state index in [-0.39, 0.29) is 0 Å². The highest BCUT2D eigenvalue weighted by molar-refractivity contribution is 8.00. The minimum Gasteiger partial charge on any atom is -0.357 e. The number of hydrogen-bond acceptors (Lipinski definition) is 5. The Labute approximate surface area is 142 Å². The van der Waals surface area contributed by atoms with E-state index >= 15 is 0 Å². The van der Waals surface area contributed by atoms with E-state index in [1.807, 2.05) is 6.92 Å². The molecule has 0 atom stereocenters. The lowest BCUT2D eigenvalue weighted by Crippen LogP contribution is -2.53. The maximum atomic E-state index is 5.17. The van der Waals surface area contributed by atoms with E-state index in [0.717, 1.165) is 25.6 Å². The van der Waals surface area contributed by atoms with E-state index in [9.17, 15) is 0 Å². The van der Waals surface area contributed by atoms with Gasteiger partial charge in [0.1, 0.15) is 6.54 Å². The van der Waals surface area contributed by atoms with Gasteiger partial charge in [0.05, 0.1) is 0 Å². The van der Waals surface area contributed by atoms with Gasteiger partial charge in [-0.15, -0.1) is 0 Å². The van der Waals surface area contributed by atoms with Gasteiger partial charge in [-0.25, -0.2) is 4.99 Å². The summed E-state index contributed by atoms with van der Waals surface area (Å²) in [6.45, 7) is 7.42. The molecule has 1 aromatic rings. The van der Waals surface area contributed by atoms with E-state index in [4.69, 9.17) is 9.52 Å². The first-order valence-corrected chi connectivity index (χ1v) is 9.66. The average molecular weight is 337 g/mol. The van der Waals surface area contributed by atoms with Crippen LogP contribution in [0.4, 0.5) is 0 Å². The lowest BCUT2D eigenvalue weighted by Gasteiger charge is -2.45. The van der Waals surface area contributed by atoms with Crippen LogP contribution in [-0.4, -0.2) is 51.1 Å². The number of rotatable bonds is 3. The van der Waals surface area contributed by atoms with Gasteiger partial charge in [-0.2, -0.15) is 16.7 Å². The quantitative estimate of drug-likeness (QED) is 0.675. The molecule has 6 nitrogen and oxygen atoms in total. The molecule has 2 heterocycles. The molecule has 1 N–H and O–H groups in total. The Kier molecular flexibility index (Phi) is 5.46. The fraction of sp³-hybridized carbons (Fsp3) is 0.812. The Morgan fingerprint density at radius 1 is 1.39 bits per heavy atom. The van der Waals surface area contributed by atoms with E-state index in [1.54, 1.807) is 0 Å². The van der Waals surface area contributed by atoms with Gasteiger partial charge in [-0.05, 0) is 26.7 Å². The number of aryl methyl sites for hydroxylation is 1. The Morgan fingerprint density at radius 2 is 2.22 bits per heavy atom. The van der Waals surface area contributed by atoms with Crippen molar-refractivity contribution in [3.63, 3.8) is 0 Å². The fourth-order valence-electron chi connectivity index (χ4n) is 3.50. The van der Waals surface area contributed by atoms with E-state index in [0.29, 0.717) is 23.0 Å². The summed E-state index contributed by atoms with van der Waals surface area (Å²) in [5.74, 6) is 3.41. The summed E-state index contributed by atoms with van der Waals surface area (Å²) in [7, 11) is 0. The number of hydrogen-bond donors (Lipinski definition) is 1. The molecule has 23 heavy (non-hydrogen) atoms. The smallest absolute Gasteiger partial charge is 0.248 e. The van der Waals surface area contributed by atoms with Crippen LogP contribution in [0.15, 0.2) is 9.52 Å². The molecular formula is C16H27N5OS. The monoisotopic (exact) mass is 337 g/mol. The first-order valence-electron chi connectivity index (χ1n) is 8.67. The summed E-state index contributed by atoms with van der Waals surface area (Å²) in [6, 6.07) is 0. The maximum Gasteiger partial charge on any atom is 0.248 e. The molecule has 1 saturated heterocycles. The van der Waals surface area contributed by atoms with Gasteiger partial charge in [0.15, 0.2) is 11.8 Å². The molecule has 1 aliphatic carbocycles. The highest BCUT2D eigenvalue weighted by Crippen LogP contribution is 2.42. The Balaban J connectivity index is 1.69. The number of thioether (sulfide) groups is 1. The largest absolute Gasteiger partial charge is 0.357 e. The summed E-state index contributed by atoms with van der Waals surface area (Å²) >= 11 is 2.18. The predicted octanol–water partition coefficient (Wildman–Crippen LogP) is 2.60. The molecule has 1 aliphatic heterocycles. The third-order valence-electron chi connectivity index (χ3n) is 4.58. The van der Waals surface area contributed by atoms with Gasteiger partial charge in [-0.3, -0.25) is 0 Å². The van der Waals surface area contributed by atoms with Gasteiger partial charge in [0, 0.05) is 30.1 Å². The Bertz CT molecular complexity index is 533. The minimum absolute atomic E-state index is 0.438. The van der Waals surface area contributed by atoms with Crippen LogP contribution in [0.2, 0.25) is 0 Å². The fourth-order valence-corrected chi connectivity index (χ4v) is 5.07. The standard InChI is InChI=1S/C16H27N5OS/c1-3-17-15(18-11-14-19-13(2)20-22-14)21-9-10-23-16(12-21)7-5-4-6-8-16/h3-12H2,1-2H3,(H,17,18). The van der Waals surface area contributed by atoms with Crippen molar-refractivity contribution in [1.29, 1.82) is 0 Å². The van der Waals surface area contributed by atoms with Gasteiger partial charge >= 0.3 is 0 Å². The Hall–Kier alpha value is -1.24. The van der Waals surface area contributed by atoms with Crippen molar-refractivity contribution in [2.24, 2.45) is 4.99 Å². The number of aliphatic imine (C=N–C) groups is 1. The van der Waals surface area contributed by atoms with Crippen LogP contribution in [0.5, 0.6) is 0 Å².